The summed E-state index contributed by atoms with van der Waals surface area (Å²) in [5.74, 6) is 0. The fourth-order valence-electron chi connectivity index (χ4n) is 2.29. The summed E-state index contributed by atoms with van der Waals surface area (Å²) in [7, 11) is 0. The van der Waals surface area contributed by atoms with Gasteiger partial charge in [-0.05, 0) is 49.8 Å². The van der Waals surface area contributed by atoms with Crippen LogP contribution in [-0.4, -0.2) is 55.1 Å². The number of morpholine rings is 1. The second-order valence-corrected chi connectivity index (χ2v) is 5.90. The Balaban J connectivity index is 1.64. The lowest BCUT2D eigenvalue weighted by atomic mass is 10.1. The van der Waals surface area contributed by atoms with Crippen molar-refractivity contribution < 1.29 is 4.74 Å². The average molecular weight is 335 g/mol. The lowest BCUT2D eigenvalue weighted by molar-refractivity contribution is 0.0376. The van der Waals surface area contributed by atoms with Gasteiger partial charge in [0, 0.05) is 25.3 Å². The van der Waals surface area contributed by atoms with Crippen LogP contribution in [-0.2, 0) is 4.74 Å². The van der Waals surface area contributed by atoms with Crippen LogP contribution in [0.15, 0.2) is 29.4 Å². The number of hydrogen-bond donors (Lipinski definition) is 3. The monoisotopic (exact) mass is 335 g/mol. The number of hydrogen-bond acceptors (Lipinski definition) is 5. The normalized spacial score (nSPS) is 16.1. The van der Waals surface area contributed by atoms with Crippen LogP contribution in [0, 0.1) is 0 Å². The van der Waals surface area contributed by atoms with Gasteiger partial charge in [-0.2, -0.15) is 5.10 Å². The molecule has 0 aromatic heterocycles. The minimum absolute atomic E-state index is 0.543. The second kappa shape index (κ2) is 9.44. The van der Waals surface area contributed by atoms with Gasteiger partial charge in [-0.3, -0.25) is 10.3 Å². The van der Waals surface area contributed by atoms with Gasteiger partial charge in [0.25, 0.3) is 0 Å². The molecule has 0 unspecified atom stereocenters. The largest absolute Gasteiger partial charge is 0.399 e. The van der Waals surface area contributed by atoms with Gasteiger partial charge in [-0.25, -0.2) is 0 Å². The van der Waals surface area contributed by atoms with Crippen LogP contribution in [0.25, 0.3) is 0 Å². The summed E-state index contributed by atoms with van der Waals surface area (Å²) >= 11 is 5.23. The Bertz CT molecular complexity index is 526. The van der Waals surface area contributed by atoms with Crippen molar-refractivity contribution in [3.63, 3.8) is 0 Å². The Kier molecular flexibility index (Phi) is 7.25. The zero-order valence-electron chi connectivity index (χ0n) is 13.5. The summed E-state index contributed by atoms with van der Waals surface area (Å²) in [5.41, 5.74) is 11.2. The molecule has 1 aromatic rings. The standard InChI is InChI=1S/C16H25N5OS/c1-13(14-3-5-15(17)6-4-14)19-20-16(23)18-7-2-8-21-9-11-22-12-10-21/h3-6H,2,7-12,17H2,1H3,(H2,18,20,23)/b19-13-. The smallest absolute Gasteiger partial charge is 0.186 e. The van der Waals surface area contributed by atoms with Gasteiger partial charge in [-0.1, -0.05) is 12.1 Å². The predicted octanol–water partition coefficient (Wildman–Crippen LogP) is 1.18. The van der Waals surface area contributed by atoms with Crippen LogP contribution >= 0.6 is 12.2 Å². The van der Waals surface area contributed by atoms with Gasteiger partial charge < -0.3 is 15.8 Å². The van der Waals surface area contributed by atoms with Gasteiger partial charge in [0.1, 0.15) is 0 Å². The van der Waals surface area contributed by atoms with Crippen LogP contribution in [0.5, 0.6) is 0 Å². The third kappa shape index (κ3) is 6.52. The first kappa shape index (κ1) is 17.7. The summed E-state index contributed by atoms with van der Waals surface area (Å²) in [4.78, 5) is 2.41. The third-order valence-electron chi connectivity index (χ3n) is 3.69. The van der Waals surface area contributed by atoms with Crippen LogP contribution in [0.1, 0.15) is 18.9 Å². The molecule has 126 valence electrons. The molecule has 0 radical (unpaired) electrons. The molecule has 0 aliphatic carbocycles. The fraction of sp³-hybridized carbons (Fsp3) is 0.500. The number of nitrogen functional groups attached to an aromatic ring is 1. The van der Waals surface area contributed by atoms with Crippen LogP contribution in [0.3, 0.4) is 0 Å². The van der Waals surface area contributed by atoms with E-state index in [0.29, 0.717) is 5.11 Å². The van der Waals surface area contributed by atoms with E-state index in [1.165, 1.54) is 0 Å². The van der Waals surface area contributed by atoms with Crippen molar-refractivity contribution in [2.75, 3.05) is 45.1 Å². The van der Waals surface area contributed by atoms with E-state index in [-0.39, 0.29) is 0 Å². The van der Waals surface area contributed by atoms with Gasteiger partial charge in [-0.15, -0.1) is 0 Å². The van der Waals surface area contributed by atoms with Crippen molar-refractivity contribution >= 4 is 28.7 Å². The summed E-state index contributed by atoms with van der Waals surface area (Å²) in [6, 6.07) is 7.59. The molecule has 1 aromatic carbocycles. The van der Waals surface area contributed by atoms with Crippen molar-refractivity contribution in [2.45, 2.75) is 13.3 Å². The van der Waals surface area contributed by atoms with E-state index in [1.54, 1.807) is 0 Å². The van der Waals surface area contributed by atoms with E-state index in [9.17, 15) is 0 Å². The van der Waals surface area contributed by atoms with E-state index in [4.69, 9.17) is 22.7 Å². The SMILES string of the molecule is C/C(=N/NC(=S)NCCCN1CCOCC1)c1ccc(N)cc1. The van der Waals surface area contributed by atoms with Crippen molar-refractivity contribution in [1.82, 2.24) is 15.6 Å². The molecule has 1 heterocycles. The lowest BCUT2D eigenvalue weighted by Gasteiger charge is -2.26. The molecule has 0 bridgehead atoms. The summed E-state index contributed by atoms with van der Waals surface area (Å²) in [6.45, 7) is 7.55. The average Bonchev–Trinajstić information content (AvgIpc) is 2.58. The number of nitrogens with one attached hydrogen (secondary N) is 2. The first-order chi connectivity index (χ1) is 11.1. The second-order valence-electron chi connectivity index (χ2n) is 5.49. The van der Waals surface area contributed by atoms with Crippen molar-refractivity contribution in [3.8, 4) is 0 Å². The first-order valence-electron chi connectivity index (χ1n) is 7.89. The Morgan fingerprint density at radius 2 is 2.00 bits per heavy atom. The molecule has 1 aliphatic heterocycles. The molecule has 4 N–H and O–H groups in total. The maximum Gasteiger partial charge on any atom is 0.186 e. The topological polar surface area (TPSA) is 74.9 Å². The molecule has 2 rings (SSSR count). The molecule has 0 saturated carbocycles. The molecule has 0 spiro atoms. The molecule has 1 aliphatic rings. The van der Waals surface area contributed by atoms with E-state index < -0.39 is 0 Å². The predicted molar refractivity (Wildman–Crippen MR) is 98.7 cm³/mol. The molecule has 23 heavy (non-hydrogen) atoms. The molecule has 0 atom stereocenters. The minimum atomic E-state index is 0.543. The number of nitrogens with two attached hydrogens (primary N) is 1. The molecular weight excluding hydrogens is 310 g/mol. The lowest BCUT2D eigenvalue weighted by Crippen LogP contribution is -2.39. The summed E-state index contributed by atoms with van der Waals surface area (Å²) in [5, 5.41) is 8.00. The number of anilines is 1. The molecule has 7 heteroatoms. The number of benzene rings is 1. The van der Waals surface area contributed by atoms with Gasteiger partial charge in [0.15, 0.2) is 5.11 Å². The maximum atomic E-state index is 5.67. The number of thiocarbonyl (C=S) groups is 1. The third-order valence-corrected chi connectivity index (χ3v) is 3.93. The zero-order valence-corrected chi connectivity index (χ0v) is 14.4. The highest BCUT2D eigenvalue weighted by Gasteiger charge is 2.09. The Morgan fingerprint density at radius 1 is 1.30 bits per heavy atom. The van der Waals surface area contributed by atoms with Gasteiger partial charge in [0.2, 0.25) is 0 Å². The molecule has 6 nitrogen and oxygen atoms in total. The Morgan fingerprint density at radius 3 is 2.70 bits per heavy atom. The number of ether oxygens (including phenoxy) is 1. The van der Waals surface area contributed by atoms with Crippen molar-refractivity contribution in [2.24, 2.45) is 5.10 Å². The molecule has 0 amide bonds. The molecule has 1 saturated heterocycles. The van der Waals surface area contributed by atoms with E-state index in [0.717, 1.165) is 62.8 Å². The highest BCUT2D eigenvalue weighted by molar-refractivity contribution is 7.80. The number of hydrazone groups is 1. The number of nitrogens with zero attached hydrogens (tertiary/aromatic N) is 2. The van der Waals surface area contributed by atoms with E-state index in [1.807, 2.05) is 31.2 Å². The highest BCUT2D eigenvalue weighted by Crippen LogP contribution is 2.06. The van der Waals surface area contributed by atoms with Crippen LogP contribution in [0.4, 0.5) is 5.69 Å². The fourth-order valence-corrected chi connectivity index (χ4v) is 2.44. The number of rotatable bonds is 6. The first-order valence-corrected chi connectivity index (χ1v) is 8.30. The highest BCUT2D eigenvalue weighted by atomic mass is 32.1. The summed E-state index contributed by atoms with van der Waals surface area (Å²) in [6.07, 6.45) is 1.04. The van der Waals surface area contributed by atoms with Crippen LogP contribution in [0.2, 0.25) is 0 Å². The van der Waals surface area contributed by atoms with Gasteiger partial charge >= 0.3 is 0 Å². The Labute approximate surface area is 143 Å². The van der Waals surface area contributed by atoms with Crippen molar-refractivity contribution in [1.29, 1.82) is 0 Å². The molecular formula is C16H25N5OS. The summed E-state index contributed by atoms with van der Waals surface area (Å²) < 4.78 is 5.33. The molecule has 1 fully saturated rings. The van der Waals surface area contributed by atoms with Crippen LogP contribution < -0.4 is 16.5 Å². The van der Waals surface area contributed by atoms with E-state index >= 15 is 0 Å². The zero-order chi connectivity index (χ0) is 16.5. The van der Waals surface area contributed by atoms with E-state index in [2.05, 4.69) is 20.7 Å². The Hall–Kier alpha value is -1.70. The van der Waals surface area contributed by atoms with Crippen molar-refractivity contribution in [3.05, 3.63) is 29.8 Å². The van der Waals surface area contributed by atoms with Gasteiger partial charge in [0.05, 0.1) is 18.9 Å². The minimum Gasteiger partial charge on any atom is -0.399 e. The maximum absolute atomic E-state index is 5.67. The quantitative estimate of drug-likeness (QED) is 0.238.